The highest BCUT2D eigenvalue weighted by atomic mass is 35.5. The Balaban J connectivity index is 1.70. The molecule has 1 aliphatic rings. The summed E-state index contributed by atoms with van der Waals surface area (Å²) >= 11 is 18.0. The highest BCUT2D eigenvalue weighted by Gasteiger charge is 2.25. The maximum atomic E-state index is 11.7. The number of thioether (sulfide) groups is 1. The minimum atomic E-state index is -0.295. The average Bonchev–Trinajstić information content (AvgIpc) is 2.80. The third-order valence-corrected chi connectivity index (χ3v) is 4.93. The Labute approximate surface area is 147 Å². The van der Waals surface area contributed by atoms with E-state index in [2.05, 4.69) is 5.32 Å². The van der Waals surface area contributed by atoms with Crippen molar-refractivity contribution >= 4 is 63.3 Å². The normalized spacial score (nSPS) is 14.4. The highest BCUT2D eigenvalue weighted by molar-refractivity contribution is 8.23. The largest absolute Gasteiger partial charge is 0.484 e. The van der Waals surface area contributed by atoms with Gasteiger partial charge in [-0.2, -0.15) is 0 Å². The van der Waals surface area contributed by atoms with Gasteiger partial charge in [0.05, 0.1) is 15.8 Å². The fourth-order valence-electron chi connectivity index (χ4n) is 1.67. The lowest BCUT2D eigenvalue weighted by atomic mass is 10.3. The summed E-state index contributed by atoms with van der Waals surface area (Å²) in [5.41, 5.74) is 0. The first kappa shape index (κ1) is 17.3. The molecule has 0 radical (unpaired) electrons. The zero-order valence-electron chi connectivity index (χ0n) is 11.3. The topological polar surface area (TPSA) is 58.6 Å². The molecular weight excluding hydrogens is 367 g/mol. The van der Waals surface area contributed by atoms with Crippen molar-refractivity contribution in [3.63, 3.8) is 0 Å². The van der Waals surface area contributed by atoms with Crippen molar-refractivity contribution in [3.8, 4) is 5.75 Å². The van der Waals surface area contributed by atoms with Gasteiger partial charge < -0.3 is 10.1 Å². The molecule has 5 nitrogen and oxygen atoms in total. The molecule has 0 spiro atoms. The van der Waals surface area contributed by atoms with Gasteiger partial charge in [0.1, 0.15) is 10.1 Å². The van der Waals surface area contributed by atoms with Crippen LogP contribution in [0.15, 0.2) is 18.2 Å². The van der Waals surface area contributed by atoms with Crippen molar-refractivity contribution in [2.45, 2.75) is 0 Å². The van der Waals surface area contributed by atoms with E-state index in [0.29, 0.717) is 39.0 Å². The summed E-state index contributed by atoms with van der Waals surface area (Å²) < 4.78 is 5.85. The van der Waals surface area contributed by atoms with Crippen LogP contribution in [0.5, 0.6) is 5.75 Å². The van der Waals surface area contributed by atoms with Crippen molar-refractivity contribution in [1.82, 2.24) is 10.2 Å². The van der Waals surface area contributed by atoms with Crippen LogP contribution in [0.25, 0.3) is 0 Å². The van der Waals surface area contributed by atoms with Gasteiger partial charge in [-0.3, -0.25) is 14.5 Å². The average molecular weight is 379 g/mol. The summed E-state index contributed by atoms with van der Waals surface area (Å²) in [6.45, 7) is 0.532. The molecule has 118 valence electrons. The Morgan fingerprint density at radius 3 is 2.82 bits per heavy atom. The molecule has 0 unspecified atom stereocenters. The first-order chi connectivity index (χ1) is 10.5. The number of ether oxygens (including phenoxy) is 1. The number of carbonyl (C=O) groups excluding carboxylic acids is 2. The van der Waals surface area contributed by atoms with Crippen LogP contribution < -0.4 is 10.1 Å². The zero-order valence-corrected chi connectivity index (χ0v) is 14.4. The minimum absolute atomic E-state index is 0.0312. The molecular formula is C13H12Cl2N2O3S2. The van der Waals surface area contributed by atoms with Crippen molar-refractivity contribution in [2.24, 2.45) is 0 Å². The van der Waals surface area contributed by atoms with Crippen LogP contribution in [-0.2, 0) is 9.59 Å². The van der Waals surface area contributed by atoms with Gasteiger partial charge in [-0.25, -0.2) is 0 Å². The molecule has 2 amide bonds. The molecule has 1 aromatic rings. The smallest absolute Gasteiger partial charge is 0.258 e. The summed E-state index contributed by atoms with van der Waals surface area (Å²) in [5.74, 6) is 0.497. The Morgan fingerprint density at radius 1 is 1.41 bits per heavy atom. The first-order valence-electron chi connectivity index (χ1n) is 6.29. The van der Waals surface area contributed by atoms with Crippen molar-refractivity contribution in [3.05, 3.63) is 28.2 Å². The Morgan fingerprint density at radius 2 is 2.18 bits per heavy atom. The van der Waals surface area contributed by atoms with Gasteiger partial charge in [-0.1, -0.05) is 47.2 Å². The standard InChI is InChI=1S/C13H12Cl2N2O3S2/c14-9-2-1-8(5-10(9)15)20-6-11(18)16-3-4-17-12(19)7-22-13(17)21/h1-2,5H,3-4,6-7H2,(H,16,18). The molecule has 1 aromatic carbocycles. The van der Waals surface area contributed by atoms with Gasteiger partial charge >= 0.3 is 0 Å². The van der Waals surface area contributed by atoms with E-state index < -0.39 is 0 Å². The lowest BCUT2D eigenvalue weighted by Crippen LogP contribution is -2.38. The summed E-state index contributed by atoms with van der Waals surface area (Å²) in [7, 11) is 0. The quantitative estimate of drug-likeness (QED) is 0.769. The molecule has 0 aromatic heterocycles. The third kappa shape index (κ3) is 4.74. The molecule has 0 aliphatic carbocycles. The number of thiocarbonyl (C=S) groups is 1. The number of amides is 2. The number of hydrogen-bond acceptors (Lipinski definition) is 5. The Bertz CT molecular complexity index is 597. The molecule has 0 bridgehead atoms. The van der Waals surface area contributed by atoms with Gasteiger partial charge in [0.2, 0.25) is 5.91 Å². The molecule has 0 atom stereocenters. The maximum absolute atomic E-state index is 11.7. The van der Waals surface area contributed by atoms with Crippen LogP contribution in [0.3, 0.4) is 0 Å². The van der Waals surface area contributed by atoms with E-state index in [9.17, 15) is 9.59 Å². The second kappa shape index (κ2) is 8.01. The molecule has 9 heteroatoms. The molecule has 22 heavy (non-hydrogen) atoms. The first-order valence-corrected chi connectivity index (χ1v) is 8.44. The van der Waals surface area contributed by atoms with Gasteiger partial charge in [0.25, 0.3) is 5.91 Å². The SMILES string of the molecule is O=C(COc1ccc(Cl)c(Cl)c1)NCCN1C(=O)CSC1=S. The predicted octanol–water partition coefficient (Wildman–Crippen LogP) is 2.35. The lowest BCUT2D eigenvalue weighted by Gasteiger charge is -2.15. The lowest BCUT2D eigenvalue weighted by molar-refractivity contribution is -0.125. The van der Waals surface area contributed by atoms with E-state index in [4.69, 9.17) is 40.2 Å². The third-order valence-electron chi connectivity index (χ3n) is 2.76. The van der Waals surface area contributed by atoms with Crippen LogP contribution >= 0.6 is 47.2 Å². The molecule has 1 aliphatic heterocycles. The number of hydrogen-bond donors (Lipinski definition) is 1. The Kier molecular flexibility index (Phi) is 6.31. The van der Waals surface area contributed by atoms with E-state index in [1.807, 2.05) is 0 Å². The molecule has 1 saturated heterocycles. The zero-order chi connectivity index (χ0) is 16.1. The van der Waals surface area contributed by atoms with Crippen molar-refractivity contribution in [1.29, 1.82) is 0 Å². The van der Waals surface area contributed by atoms with E-state index in [-0.39, 0.29) is 18.4 Å². The second-order valence-electron chi connectivity index (χ2n) is 4.31. The second-order valence-corrected chi connectivity index (χ2v) is 6.74. The number of nitrogens with one attached hydrogen (secondary N) is 1. The van der Waals surface area contributed by atoms with Gasteiger partial charge in [-0.05, 0) is 12.1 Å². The van der Waals surface area contributed by atoms with Crippen LogP contribution in [0, 0.1) is 0 Å². The summed E-state index contributed by atoms with van der Waals surface area (Å²) in [6, 6.07) is 4.75. The molecule has 1 N–H and O–H groups in total. The summed E-state index contributed by atoms with van der Waals surface area (Å²) in [4.78, 5) is 24.6. The van der Waals surface area contributed by atoms with Crippen LogP contribution in [0.1, 0.15) is 0 Å². The minimum Gasteiger partial charge on any atom is -0.484 e. The van der Waals surface area contributed by atoms with E-state index in [0.717, 1.165) is 0 Å². The Hall–Kier alpha value is -1.02. The van der Waals surface area contributed by atoms with E-state index in [1.165, 1.54) is 22.7 Å². The summed E-state index contributed by atoms with van der Waals surface area (Å²) in [5, 5.41) is 3.44. The molecule has 2 rings (SSSR count). The monoisotopic (exact) mass is 378 g/mol. The van der Waals surface area contributed by atoms with E-state index >= 15 is 0 Å². The predicted molar refractivity (Wildman–Crippen MR) is 91.7 cm³/mol. The van der Waals surface area contributed by atoms with Crippen LogP contribution in [0.2, 0.25) is 10.0 Å². The highest BCUT2D eigenvalue weighted by Crippen LogP contribution is 2.26. The van der Waals surface area contributed by atoms with Gasteiger partial charge in [0.15, 0.2) is 6.61 Å². The number of rotatable bonds is 6. The number of nitrogens with zero attached hydrogens (tertiary/aromatic N) is 1. The van der Waals surface area contributed by atoms with Gasteiger partial charge in [-0.15, -0.1) is 0 Å². The van der Waals surface area contributed by atoms with Crippen LogP contribution in [0.4, 0.5) is 0 Å². The molecule has 1 heterocycles. The van der Waals surface area contributed by atoms with Crippen molar-refractivity contribution < 1.29 is 14.3 Å². The van der Waals surface area contributed by atoms with E-state index in [1.54, 1.807) is 12.1 Å². The fourth-order valence-corrected chi connectivity index (χ4v) is 3.08. The number of halogens is 2. The molecule has 0 saturated carbocycles. The maximum Gasteiger partial charge on any atom is 0.258 e. The number of benzene rings is 1. The van der Waals surface area contributed by atoms with Gasteiger partial charge in [0, 0.05) is 19.2 Å². The number of carbonyl (C=O) groups is 2. The molecule has 1 fully saturated rings. The fraction of sp³-hybridized carbons (Fsp3) is 0.308. The summed E-state index contributed by atoms with van der Waals surface area (Å²) in [6.07, 6.45) is 0. The van der Waals surface area contributed by atoms with Crippen molar-refractivity contribution in [2.75, 3.05) is 25.4 Å². The van der Waals surface area contributed by atoms with Crippen LogP contribution in [-0.4, -0.2) is 46.5 Å².